The van der Waals surface area contributed by atoms with E-state index in [0.717, 1.165) is 17.6 Å². The molecule has 0 amide bonds. The molecule has 0 saturated carbocycles. The Hall–Kier alpha value is -3.50. The predicted octanol–water partition coefficient (Wildman–Crippen LogP) is 5.85. The number of ketones is 1. The first kappa shape index (κ1) is 25.6. The Labute approximate surface area is 208 Å². The van der Waals surface area contributed by atoms with Gasteiger partial charge in [-0.3, -0.25) is 4.79 Å². The third kappa shape index (κ3) is 4.66. The molecule has 1 unspecified atom stereocenters. The van der Waals surface area contributed by atoms with Gasteiger partial charge in [-0.2, -0.15) is 13.2 Å². The van der Waals surface area contributed by atoms with E-state index >= 15 is 0 Å². The number of methoxy groups -OCH3 is 1. The molecule has 0 aliphatic carbocycles. The fourth-order valence-electron chi connectivity index (χ4n) is 3.86. The van der Waals surface area contributed by atoms with Gasteiger partial charge < -0.3 is 14.4 Å². The number of carbonyl (C=O) groups excluding carboxylic acids is 1. The molecule has 6 nitrogen and oxygen atoms in total. The highest BCUT2D eigenvalue weighted by Gasteiger charge is 2.56. The second kappa shape index (κ2) is 9.51. The highest BCUT2D eigenvalue weighted by atomic mass is 35.5. The Morgan fingerprint density at radius 1 is 1.14 bits per heavy atom. The molecule has 0 fully saturated rings. The van der Waals surface area contributed by atoms with Crippen molar-refractivity contribution in [2.24, 2.45) is 7.05 Å². The van der Waals surface area contributed by atoms with Crippen molar-refractivity contribution in [1.82, 2.24) is 14.5 Å². The normalized spacial score (nSPS) is 13.6. The van der Waals surface area contributed by atoms with Crippen LogP contribution in [-0.2, 0) is 12.6 Å². The number of benzene rings is 2. The number of hydrogen-bond donors (Lipinski definition) is 1. The number of nitrogens with zero attached hydrogens (tertiary/aromatic N) is 3. The van der Waals surface area contributed by atoms with E-state index in [-0.39, 0.29) is 27.6 Å². The van der Waals surface area contributed by atoms with Crippen molar-refractivity contribution in [3.63, 3.8) is 0 Å². The number of hydrogen-bond acceptors (Lipinski definition) is 5. The molecule has 2 aromatic heterocycles. The molecule has 0 bridgehead atoms. The highest BCUT2D eigenvalue weighted by Crippen LogP contribution is 2.43. The summed E-state index contributed by atoms with van der Waals surface area (Å²) in [5, 5.41) is 10.6. The minimum absolute atomic E-state index is 0.0773. The van der Waals surface area contributed by atoms with Crippen LogP contribution in [0.2, 0.25) is 5.02 Å². The van der Waals surface area contributed by atoms with E-state index in [2.05, 4.69) is 9.97 Å². The third-order valence-electron chi connectivity index (χ3n) is 5.93. The van der Waals surface area contributed by atoms with Crippen LogP contribution in [0.25, 0.3) is 22.3 Å². The zero-order chi connectivity index (χ0) is 26.3. The Kier molecular flexibility index (Phi) is 6.76. The number of ether oxygens (including phenoxy) is 1. The number of aliphatic hydroxyl groups is 1. The van der Waals surface area contributed by atoms with Gasteiger partial charge in [-0.25, -0.2) is 14.4 Å². The minimum Gasteiger partial charge on any atom is -0.494 e. The van der Waals surface area contributed by atoms with Gasteiger partial charge in [-0.05, 0) is 55.0 Å². The van der Waals surface area contributed by atoms with Gasteiger partial charge in [0, 0.05) is 24.6 Å². The molecule has 2 aromatic carbocycles. The number of alkyl halides is 3. The number of imidazole rings is 1. The van der Waals surface area contributed by atoms with Crippen LogP contribution < -0.4 is 4.74 Å². The summed E-state index contributed by atoms with van der Waals surface area (Å²) >= 11 is 5.83. The minimum atomic E-state index is -5.16. The number of pyridine rings is 1. The van der Waals surface area contributed by atoms with Gasteiger partial charge in [0.15, 0.2) is 5.78 Å². The predicted molar refractivity (Wildman–Crippen MR) is 125 cm³/mol. The van der Waals surface area contributed by atoms with Crippen molar-refractivity contribution >= 4 is 28.4 Å². The van der Waals surface area contributed by atoms with Crippen LogP contribution in [0.15, 0.2) is 54.9 Å². The number of halogens is 5. The van der Waals surface area contributed by atoms with Crippen LogP contribution >= 0.6 is 11.6 Å². The number of carbonyl (C=O) groups is 1. The van der Waals surface area contributed by atoms with Crippen LogP contribution in [0, 0.1) is 5.82 Å². The summed E-state index contributed by atoms with van der Waals surface area (Å²) < 4.78 is 63.1. The van der Waals surface area contributed by atoms with Gasteiger partial charge in [-0.1, -0.05) is 11.6 Å². The highest BCUT2D eigenvalue weighted by molar-refractivity contribution is 6.31. The monoisotopic (exact) mass is 521 g/mol. The zero-order valence-electron chi connectivity index (χ0n) is 19.1. The molecule has 1 N–H and O–H groups in total. The maximum atomic E-state index is 14.2. The first-order valence-electron chi connectivity index (χ1n) is 10.7. The fourth-order valence-corrected chi connectivity index (χ4v) is 4.04. The second-order valence-corrected chi connectivity index (χ2v) is 8.62. The molecule has 0 aliphatic heterocycles. The van der Waals surface area contributed by atoms with Gasteiger partial charge in [0.05, 0.1) is 35.2 Å². The van der Waals surface area contributed by atoms with Crippen molar-refractivity contribution in [1.29, 1.82) is 0 Å². The summed E-state index contributed by atoms with van der Waals surface area (Å²) in [5.74, 6) is -1.22. The van der Waals surface area contributed by atoms with Crippen LogP contribution in [0.5, 0.6) is 5.75 Å². The van der Waals surface area contributed by atoms with Crippen molar-refractivity contribution in [3.05, 3.63) is 77.0 Å². The number of aromatic nitrogens is 3. The van der Waals surface area contributed by atoms with Gasteiger partial charge in [0.2, 0.25) is 5.60 Å². The quantitative estimate of drug-likeness (QED) is 0.244. The molecule has 4 aromatic rings. The average Bonchev–Trinajstić information content (AvgIpc) is 3.22. The number of aryl methyl sites for hydroxylation is 1. The molecular weight excluding hydrogens is 502 g/mol. The molecule has 0 saturated heterocycles. The van der Waals surface area contributed by atoms with E-state index in [4.69, 9.17) is 16.3 Å². The molecule has 1 atom stereocenters. The largest absolute Gasteiger partial charge is 0.494 e. The van der Waals surface area contributed by atoms with Gasteiger partial charge >= 0.3 is 6.18 Å². The summed E-state index contributed by atoms with van der Waals surface area (Å²) in [6, 6.07) is 10.3. The maximum absolute atomic E-state index is 14.2. The fraction of sp³-hybridized carbons (Fsp3) is 0.240. The first-order chi connectivity index (χ1) is 16.9. The third-order valence-corrected chi connectivity index (χ3v) is 6.21. The van der Waals surface area contributed by atoms with E-state index in [0.29, 0.717) is 5.52 Å². The molecule has 188 valence electrons. The van der Waals surface area contributed by atoms with Crippen LogP contribution in [0.4, 0.5) is 17.6 Å². The molecular formula is C25H20ClF4N3O3. The van der Waals surface area contributed by atoms with Crippen LogP contribution in [-0.4, -0.2) is 38.7 Å². The average molecular weight is 522 g/mol. The van der Waals surface area contributed by atoms with Gasteiger partial charge in [0.1, 0.15) is 17.3 Å². The molecule has 2 heterocycles. The molecule has 0 spiro atoms. The molecule has 0 aliphatic rings. The van der Waals surface area contributed by atoms with Crippen molar-refractivity contribution < 1.29 is 32.2 Å². The smallest absolute Gasteiger partial charge is 0.422 e. The van der Waals surface area contributed by atoms with E-state index in [9.17, 15) is 27.5 Å². The standard InChI is InChI=1S/C25H20ClF4N3O3/c1-33-13-31-18-12-14(4-6-19(18)33)20(34)9-10-24(35,25(28,29)30)22-8-7-21(36-2)23(32-22)15-3-5-17(27)16(26)11-15/h3-8,11-13,35H,9-10H2,1-2H3. The topological polar surface area (TPSA) is 77.2 Å². The van der Waals surface area contributed by atoms with Gasteiger partial charge in [-0.15, -0.1) is 0 Å². The summed E-state index contributed by atoms with van der Waals surface area (Å²) in [5.41, 5.74) is -2.61. The summed E-state index contributed by atoms with van der Waals surface area (Å²) in [6.07, 6.45) is -5.18. The second-order valence-electron chi connectivity index (χ2n) is 8.22. The molecule has 4 rings (SSSR count). The molecule has 11 heteroatoms. The van der Waals surface area contributed by atoms with Crippen LogP contribution in [0.3, 0.4) is 0 Å². The van der Waals surface area contributed by atoms with Crippen molar-refractivity contribution in [2.45, 2.75) is 24.6 Å². The maximum Gasteiger partial charge on any atom is 0.422 e. The van der Waals surface area contributed by atoms with Gasteiger partial charge in [0.25, 0.3) is 0 Å². The summed E-state index contributed by atoms with van der Waals surface area (Å²) in [4.78, 5) is 20.9. The van der Waals surface area contributed by atoms with E-state index in [1.165, 1.54) is 37.4 Å². The van der Waals surface area contributed by atoms with E-state index in [1.54, 1.807) is 24.0 Å². The lowest BCUT2D eigenvalue weighted by atomic mass is 9.89. The van der Waals surface area contributed by atoms with E-state index < -0.39 is 41.9 Å². The SMILES string of the molecule is COc1ccc(C(O)(CCC(=O)c2ccc3c(c2)ncn3C)C(F)(F)F)nc1-c1ccc(F)c(Cl)c1. The van der Waals surface area contributed by atoms with E-state index in [1.807, 2.05) is 0 Å². The first-order valence-corrected chi connectivity index (χ1v) is 11.1. The summed E-state index contributed by atoms with van der Waals surface area (Å²) in [7, 11) is 3.06. The number of Topliss-reactive ketones (excluding diaryl/α,β-unsaturated/α-hetero) is 1. The lowest BCUT2D eigenvalue weighted by molar-refractivity contribution is -0.270. The lowest BCUT2D eigenvalue weighted by Crippen LogP contribution is -2.43. The number of fused-ring (bicyclic) bond motifs is 1. The van der Waals surface area contributed by atoms with Crippen molar-refractivity contribution in [2.75, 3.05) is 7.11 Å². The molecule has 0 radical (unpaired) electrons. The Balaban J connectivity index is 1.68. The van der Waals surface area contributed by atoms with Crippen molar-refractivity contribution in [3.8, 4) is 17.0 Å². The Morgan fingerprint density at radius 3 is 2.56 bits per heavy atom. The number of rotatable bonds is 7. The zero-order valence-corrected chi connectivity index (χ0v) is 19.9. The molecule has 36 heavy (non-hydrogen) atoms. The Bertz CT molecular complexity index is 1450. The Morgan fingerprint density at radius 2 is 1.89 bits per heavy atom. The lowest BCUT2D eigenvalue weighted by Gasteiger charge is -2.30. The summed E-state index contributed by atoms with van der Waals surface area (Å²) in [6.45, 7) is 0. The van der Waals surface area contributed by atoms with Crippen LogP contribution in [0.1, 0.15) is 28.9 Å².